The zero-order valence-corrected chi connectivity index (χ0v) is 10.4. The minimum absolute atomic E-state index is 0.0438. The van der Waals surface area contributed by atoms with Crippen LogP contribution in [-0.4, -0.2) is 17.4 Å². The lowest BCUT2D eigenvalue weighted by Gasteiger charge is -2.29. The summed E-state index contributed by atoms with van der Waals surface area (Å²) in [6, 6.07) is 6.87. The number of hydrogen-bond acceptors (Lipinski definition) is 3. The first-order valence-electron chi connectivity index (χ1n) is 5.55. The quantitative estimate of drug-likeness (QED) is 0.865. The maximum Gasteiger partial charge on any atom is 0.223 e. The van der Waals surface area contributed by atoms with Crippen molar-refractivity contribution < 1.29 is 9.18 Å². The Labute approximate surface area is 104 Å². The van der Waals surface area contributed by atoms with E-state index in [9.17, 15) is 9.18 Å². The monoisotopic (exact) mass is 254 g/mol. The van der Waals surface area contributed by atoms with Gasteiger partial charge in [-0.15, -0.1) is 11.8 Å². The van der Waals surface area contributed by atoms with Gasteiger partial charge in [0.25, 0.3) is 0 Å². The van der Waals surface area contributed by atoms with Crippen LogP contribution >= 0.6 is 11.8 Å². The number of carbonyl (C=O) groups excluding carboxylic acids is 1. The number of thioether (sulfide) groups is 1. The standard InChI is InChI=1S/C12H15FN2OS/c1-8-6-11(16)15-12(14-8)17-7-9-4-2-3-5-10(9)13/h2-5,8,12,14H,6-7H2,1H3,(H,15,16). The third-order valence-electron chi connectivity index (χ3n) is 2.58. The van der Waals surface area contributed by atoms with E-state index in [4.69, 9.17) is 0 Å². The second-order valence-electron chi connectivity index (χ2n) is 4.12. The molecule has 0 aliphatic carbocycles. The van der Waals surface area contributed by atoms with Crippen molar-refractivity contribution in [2.24, 2.45) is 0 Å². The van der Waals surface area contributed by atoms with Gasteiger partial charge in [-0.05, 0) is 18.6 Å². The maximum absolute atomic E-state index is 13.4. The normalized spacial score (nSPS) is 24.5. The molecule has 2 N–H and O–H groups in total. The van der Waals surface area contributed by atoms with Crippen LogP contribution in [0.5, 0.6) is 0 Å². The lowest BCUT2D eigenvalue weighted by Crippen LogP contribution is -2.53. The lowest BCUT2D eigenvalue weighted by molar-refractivity contribution is -0.123. The fourth-order valence-corrected chi connectivity index (χ4v) is 2.84. The van der Waals surface area contributed by atoms with Gasteiger partial charge in [0.1, 0.15) is 11.3 Å². The van der Waals surface area contributed by atoms with Gasteiger partial charge in [-0.25, -0.2) is 4.39 Å². The van der Waals surface area contributed by atoms with Crippen molar-refractivity contribution >= 4 is 17.7 Å². The maximum atomic E-state index is 13.4. The van der Waals surface area contributed by atoms with Crippen molar-refractivity contribution in [3.8, 4) is 0 Å². The highest BCUT2D eigenvalue weighted by molar-refractivity contribution is 7.99. The molecule has 1 amide bonds. The van der Waals surface area contributed by atoms with Gasteiger partial charge >= 0.3 is 0 Å². The average Bonchev–Trinajstić information content (AvgIpc) is 2.27. The summed E-state index contributed by atoms with van der Waals surface area (Å²) in [5.74, 6) is 0.384. The highest BCUT2D eigenvalue weighted by Crippen LogP contribution is 2.19. The zero-order valence-electron chi connectivity index (χ0n) is 9.57. The van der Waals surface area contributed by atoms with Crippen LogP contribution in [0.2, 0.25) is 0 Å². The van der Waals surface area contributed by atoms with Gasteiger partial charge in [-0.1, -0.05) is 18.2 Å². The van der Waals surface area contributed by atoms with Gasteiger partial charge in [-0.2, -0.15) is 0 Å². The molecule has 1 heterocycles. The van der Waals surface area contributed by atoms with Gasteiger partial charge < -0.3 is 5.32 Å². The van der Waals surface area contributed by atoms with Gasteiger partial charge in [0, 0.05) is 18.2 Å². The number of rotatable bonds is 3. The highest BCUT2D eigenvalue weighted by Gasteiger charge is 2.22. The van der Waals surface area contributed by atoms with Crippen LogP contribution in [0, 0.1) is 5.82 Å². The van der Waals surface area contributed by atoms with Crippen LogP contribution in [0.25, 0.3) is 0 Å². The lowest BCUT2D eigenvalue weighted by atomic mass is 10.2. The van der Waals surface area contributed by atoms with Crippen LogP contribution in [0.4, 0.5) is 4.39 Å². The minimum Gasteiger partial charge on any atom is -0.332 e. The van der Waals surface area contributed by atoms with E-state index in [1.165, 1.54) is 17.8 Å². The van der Waals surface area contributed by atoms with Crippen molar-refractivity contribution in [3.05, 3.63) is 35.6 Å². The summed E-state index contributed by atoms with van der Waals surface area (Å²) in [5, 5.41) is 6.07. The highest BCUT2D eigenvalue weighted by atomic mass is 32.2. The van der Waals surface area contributed by atoms with Crippen molar-refractivity contribution in [2.75, 3.05) is 0 Å². The third-order valence-corrected chi connectivity index (χ3v) is 3.65. The SMILES string of the molecule is CC1CC(=O)NC(SCc2ccccc2F)N1. The van der Waals surface area contributed by atoms with Crippen LogP contribution in [0.1, 0.15) is 18.9 Å². The Kier molecular flexibility index (Phi) is 4.02. The molecule has 3 nitrogen and oxygen atoms in total. The van der Waals surface area contributed by atoms with E-state index in [1.54, 1.807) is 12.1 Å². The molecule has 0 radical (unpaired) electrons. The van der Waals surface area contributed by atoms with Gasteiger partial charge in [0.05, 0.1) is 0 Å². The molecule has 1 aliphatic heterocycles. The number of hydrogen-bond donors (Lipinski definition) is 2. The molecule has 0 bridgehead atoms. The summed E-state index contributed by atoms with van der Waals surface area (Å²) in [6.07, 6.45) is 0.497. The molecular weight excluding hydrogens is 239 g/mol. The van der Waals surface area contributed by atoms with Crippen LogP contribution < -0.4 is 10.6 Å². The second kappa shape index (κ2) is 5.51. The van der Waals surface area contributed by atoms with E-state index < -0.39 is 0 Å². The minimum atomic E-state index is -0.199. The Hall–Kier alpha value is -1.07. The molecule has 0 saturated carbocycles. The van der Waals surface area contributed by atoms with E-state index in [-0.39, 0.29) is 23.3 Å². The number of carbonyl (C=O) groups is 1. The molecule has 2 unspecified atom stereocenters. The van der Waals surface area contributed by atoms with Crippen LogP contribution in [-0.2, 0) is 10.5 Å². The number of halogens is 1. The average molecular weight is 254 g/mol. The molecule has 1 fully saturated rings. The first-order chi connectivity index (χ1) is 8.15. The molecule has 1 aliphatic rings. The molecule has 0 spiro atoms. The van der Waals surface area contributed by atoms with Crippen LogP contribution in [0.3, 0.4) is 0 Å². The van der Waals surface area contributed by atoms with E-state index in [0.29, 0.717) is 17.7 Å². The summed E-state index contributed by atoms with van der Waals surface area (Å²) in [4.78, 5) is 11.3. The largest absolute Gasteiger partial charge is 0.332 e. The number of amides is 1. The Balaban J connectivity index is 1.90. The summed E-state index contributed by atoms with van der Waals surface area (Å²) >= 11 is 1.49. The van der Waals surface area contributed by atoms with Crippen molar-refractivity contribution in [1.29, 1.82) is 0 Å². The zero-order chi connectivity index (χ0) is 12.3. The molecule has 92 valence electrons. The van der Waals surface area contributed by atoms with E-state index in [2.05, 4.69) is 10.6 Å². The summed E-state index contributed by atoms with van der Waals surface area (Å²) < 4.78 is 13.4. The molecule has 1 aromatic rings. The Morgan fingerprint density at radius 2 is 2.24 bits per heavy atom. The Morgan fingerprint density at radius 3 is 2.94 bits per heavy atom. The molecule has 1 aromatic carbocycles. The molecule has 2 rings (SSSR count). The molecule has 1 saturated heterocycles. The topological polar surface area (TPSA) is 41.1 Å². The molecule has 17 heavy (non-hydrogen) atoms. The Bertz CT molecular complexity index is 413. The predicted octanol–water partition coefficient (Wildman–Crippen LogP) is 1.84. The van der Waals surface area contributed by atoms with Crippen LogP contribution in [0.15, 0.2) is 24.3 Å². The third kappa shape index (κ3) is 3.44. The summed E-state index contributed by atoms with van der Waals surface area (Å²) in [7, 11) is 0. The van der Waals surface area contributed by atoms with Gasteiger partial charge in [-0.3, -0.25) is 10.1 Å². The fraction of sp³-hybridized carbons (Fsp3) is 0.417. The van der Waals surface area contributed by atoms with Gasteiger partial charge in [0.2, 0.25) is 5.91 Å². The first kappa shape index (κ1) is 12.4. The van der Waals surface area contributed by atoms with Crippen molar-refractivity contribution in [2.45, 2.75) is 30.6 Å². The number of nitrogens with one attached hydrogen (secondary N) is 2. The smallest absolute Gasteiger partial charge is 0.223 e. The van der Waals surface area contributed by atoms with Gasteiger partial charge in [0.15, 0.2) is 0 Å². The van der Waals surface area contributed by atoms with E-state index in [0.717, 1.165) is 0 Å². The fourth-order valence-electron chi connectivity index (χ4n) is 1.72. The summed E-state index contributed by atoms with van der Waals surface area (Å²) in [5.41, 5.74) is 0.526. The van der Waals surface area contributed by atoms with E-state index in [1.807, 2.05) is 13.0 Å². The van der Waals surface area contributed by atoms with E-state index >= 15 is 0 Å². The summed E-state index contributed by atoms with van der Waals surface area (Å²) in [6.45, 7) is 1.97. The van der Waals surface area contributed by atoms with Crippen molar-refractivity contribution in [3.63, 3.8) is 0 Å². The predicted molar refractivity (Wildman–Crippen MR) is 66.8 cm³/mol. The van der Waals surface area contributed by atoms with Crippen molar-refractivity contribution in [1.82, 2.24) is 10.6 Å². The molecule has 5 heteroatoms. The second-order valence-corrected chi connectivity index (χ2v) is 5.22. The Morgan fingerprint density at radius 1 is 1.47 bits per heavy atom. The first-order valence-corrected chi connectivity index (χ1v) is 6.60. The molecule has 2 atom stereocenters. The molecule has 0 aromatic heterocycles. The molecular formula is C12H15FN2OS. The number of benzene rings is 1.